The van der Waals surface area contributed by atoms with Gasteiger partial charge in [0.2, 0.25) is 0 Å². The zero-order chi connectivity index (χ0) is 14.9. The number of rotatable bonds is 3. The monoisotopic (exact) mass is 269 g/mol. The van der Waals surface area contributed by atoms with Crippen molar-refractivity contribution in [2.24, 2.45) is 0 Å². The summed E-state index contributed by atoms with van der Waals surface area (Å²) in [6.07, 6.45) is 0. The van der Waals surface area contributed by atoms with Gasteiger partial charge < -0.3 is 10.4 Å². The standard InChI is InChI=1S/C18H23NO/c1-11-8-13(3)18(14(4)9-11)15(5)19-16-6-7-17(20)12(2)10-16/h6-10,15,19-20H,1-5H3. The molecule has 0 aliphatic carbocycles. The molecule has 0 heterocycles. The number of hydrogen-bond donors (Lipinski definition) is 2. The van der Waals surface area contributed by atoms with E-state index in [1.165, 1.54) is 22.3 Å². The van der Waals surface area contributed by atoms with Crippen molar-refractivity contribution in [2.75, 3.05) is 5.32 Å². The summed E-state index contributed by atoms with van der Waals surface area (Å²) in [5.74, 6) is 0.339. The Bertz CT molecular complexity index is 608. The zero-order valence-corrected chi connectivity index (χ0v) is 12.9. The first-order valence-electron chi connectivity index (χ1n) is 7.02. The van der Waals surface area contributed by atoms with Crippen LogP contribution in [0.1, 0.15) is 40.8 Å². The average Bonchev–Trinajstić information content (AvgIpc) is 2.32. The number of aryl methyl sites for hydroxylation is 4. The molecular weight excluding hydrogens is 246 g/mol. The lowest BCUT2D eigenvalue weighted by atomic mass is 9.94. The Morgan fingerprint density at radius 1 is 0.900 bits per heavy atom. The molecular formula is C18H23NO. The van der Waals surface area contributed by atoms with E-state index in [2.05, 4.69) is 45.1 Å². The number of hydrogen-bond acceptors (Lipinski definition) is 2. The predicted octanol–water partition coefficient (Wildman–Crippen LogP) is 4.80. The van der Waals surface area contributed by atoms with Crippen LogP contribution >= 0.6 is 0 Å². The molecule has 0 aromatic heterocycles. The molecule has 0 aliphatic rings. The van der Waals surface area contributed by atoms with E-state index in [-0.39, 0.29) is 6.04 Å². The van der Waals surface area contributed by atoms with Crippen LogP contribution in [0.3, 0.4) is 0 Å². The van der Waals surface area contributed by atoms with Crippen LogP contribution in [-0.2, 0) is 0 Å². The van der Waals surface area contributed by atoms with E-state index in [0.717, 1.165) is 11.3 Å². The second-order valence-corrected chi connectivity index (χ2v) is 5.68. The van der Waals surface area contributed by atoms with Crippen LogP contribution in [0.25, 0.3) is 0 Å². The number of phenols is 1. The average molecular weight is 269 g/mol. The summed E-state index contributed by atoms with van der Waals surface area (Å²) in [5, 5.41) is 13.1. The second kappa shape index (κ2) is 5.58. The first-order valence-corrected chi connectivity index (χ1v) is 7.02. The van der Waals surface area contributed by atoms with Crippen LogP contribution in [0.15, 0.2) is 30.3 Å². The van der Waals surface area contributed by atoms with Gasteiger partial charge in [0.25, 0.3) is 0 Å². The Kier molecular flexibility index (Phi) is 4.03. The van der Waals surface area contributed by atoms with Crippen molar-refractivity contribution in [1.82, 2.24) is 0 Å². The summed E-state index contributed by atoms with van der Waals surface area (Å²) < 4.78 is 0. The van der Waals surface area contributed by atoms with E-state index in [0.29, 0.717) is 5.75 Å². The van der Waals surface area contributed by atoms with Gasteiger partial charge in [-0.1, -0.05) is 17.7 Å². The summed E-state index contributed by atoms with van der Waals surface area (Å²) in [5.41, 5.74) is 7.21. The highest BCUT2D eigenvalue weighted by Crippen LogP contribution is 2.28. The van der Waals surface area contributed by atoms with Crippen LogP contribution in [0, 0.1) is 27.7 Å². The molecule has 2 nitrogen and oxygen atoms in total. The summed E-state index contributed by atoms with van der Waals surface area (Å²) in [7, 11) is 0. The molecule has 0 spiro atoms. The lowest BCUT2D eigenvalue weighted by molar-refractivity contribution is 0.471. The lowest BCUT2D eigenvalue weighted by Crippen LogP contribution is -2.10. The van der Waals surface area contributed by atoms with Gasteiger partial charge in [0, 0.05) is 11.7 Å². The van der Waals surface area contributed by atoms with Crippen LogP contribution in [0.2, 0.25) is 0 Å². The fourth-order valence-corrected chi connectivity index (χ4v) is 2.94. The van der Waals surface area contributed by atoms with E-state index in [4.69, 9.17) is 0 Å². The molecule has 1 atom stereocenters. The van der Waals surface area contributed by atoms with E-state index in [1.54, 1.807) is 6.07 Å². The first-order chi connectivity index (χ1) is 9.38. The van der Waals surface area contributed by atoms with Crippen molar-refractivity contribution < 1.29 is 5.11 Å². The molecule has 2 aromatic rings. The number of phenolic OH excluding ortho intramolecular Hbond substituents is 1. The van der Waals surface area contributed by atoms with Crippen LogP contribution in [0.5, 0.6) is 5.75 Å². The van der Waals surface area contributed by atoms with Crippen molar-refractivity contribution in [3.05, 3.63) is 58.1 Å². The number of aromatic hydroxyl groups is 1. The Morgan fingerprint density at radius 2 is 1.50 bits per heavy atom. The van der Waals surface area contributed by atoms with Crippen molar-refractivity contribution in [3.8, 4) is 5.75 Å². The van der Waals surface area contributed by atoms with Crippen molar-refractivity contribution in [3.63, 3.8) is 0 Å². The summed E-state index contributed by atoms with van der Waals surface area (Å²) >= 11 is 0. The molecule has 0 bridgehead atoms. The predicted molar refractivity (Wildman–Crippen MR) is 85.5 cm³/mol. The van der Waals surface area contributed by atoms with E-state index in [9.17, 15) is 5.11 Å². The Balaban J connectivity index is 2.28. The molecule has 2 heteroatoms. The van der Waals surface area contributed by atoms with Gasteiger partial charge in [0.15, 0.2) is 0 Å². The first kappa shape index (κ1) is 14.4. The summed E-state index contributed by atoms with van der Waals surface area (Å²) in [6.45, 7) is 10.5. The minimum Gasteiger partial charge on any atom is -0.508 e. The lowest BCUT2D eigenvalue weighted by Gasteiger charge is -2.21. The van der Waals surface area contributed by atoms with Crippen molar-refractivity contribution >= 4 is 5.69 Å². The molecule has 0 saturated heterocycles. The van der Waals surface area contributed by atoms with Gasteiger partial charge in [0.1, 0.15) is 5.75 Å². The Hall–Kier alpha value is -1.96. The third kappa shape index (κ3) is 2.96. The highest BCUT2D eigenvalue weighted by atomic mass is 16.3. The molecule has 1 unspecified atom stereocenters. The van der Waals surface area contributed by atoms with Crippen LogP contribution < -0.4 is 5.32 Å². The minimum atomic E-state index is 0.236. The SMILES string of the molecule is Cc1cc(C)c(C(C)Nc2ccc(O)c(C)c2)c(C)c1. The number of benzene rings is 2. The van der Waals surface area contributed by atoms with Gasteiger partial charge >= 0.3 is 0 Å². The molecule has 2 rings (SSSR count). The van der Waals surface area contributed by atoms with Gasteiger partial charge in [0.05, 0.1) is 0 Å². The van der Waals surface area contributed by atoms with Crippen molar-refractivity contribution in [1.29, 1.82) is 0 Å². The maximum absolute atomic E-state index is 9.59. The maximum Gasteiger partial charge on any atom is 0.118 e. The molecule has 0 amide bonds. The quantitative estimate of drug-likeness (QED) is 0.784. The fourth-order valence-electron chi connectivity index (χ4n) is 2.94. The fraction of sp³-hybridized carbons (Fsp3) is 0.333. The van der Waals surface area contributed by atoms with Crippen LogP contribution in [0.4, 0.5) is 5.69 Å². The molecule has 20 heavy (non-hydrogen) atoms. The molecule has 106 valence electrons. The summed E-state index contributed by atoms with van der Waals surface area (Å²) in [6, 6.07) is 10.3. The van der Waals surface area contributed by atoms with E-state index < -0.39 is 0 Å². The topological polar surface area (TPSA) is 32.3 Å². The zero-order valence-electron chi connectivity index (χ0n) is 12.9. The number of nitrogens with one attached hydrogen (secondary N) is 1. The minimum absolute atomic E-state index is 0.236. The van der Waals surface area contributed by atoms with E-state index >= 15 is 0 Å². The largest absolute Gasteiger partial charge is 0.508 e. The van der Waals surface area contributed by atoms with Gasteiger partial charge in [-0.25, -0.2) is 0 Å². The smallest absolute Gasteiger partial charge is 0.118 e. The highest BCUT2D eigenvalue weighted by Gasteiger charge is 2.12. The third-order valence-corrected chi connectivity index (χ3v) is 3.75. The molecule has 2 N–H and O–H groups in total. The molecule has 0 aliphatic heterocycles. The molecule has 0 radical (unpaired) electrons. The molecule has 2 aromatic carbocycles. The second-order valence-electron chi connectivity index (χ2n) is 5.68. The number of anilines is 1. The Morgan fingerprint density at radius 3 is 2.05 bits per heavy atom. The van der Waals surface area contributed by atoms with Gasteiger partial charge in [-0.05, 0) is 75.1 Å². The Labute approximate surface area is 121 Å². The molecule has 0 fully saturated rings. The summed E-state index contributed by atoms with van der Waals surface area (Å²) in [4.78, 5) is 0. The van der Waals surface area contributed by atoms with Crippen LogP contribution in [-0.4, -0.2) is 5.11 Å². The van der Waals surface area contributed by atoms with Gasteiger partial charge in [-0.3, -0.25) is 0 Å². The normalized spacial score (nSPS) is 12.2. The highest BCUT2D eigenvalue weighted by molar-refractivity contribution is 5.53. The molecule has 0 saturated carbocycles. The van der Waals surface area contributed by atoms with Crippen molar-refractivity contribution in [2.45, 2.75) is 40.7 Å². The van der Waals surface area contributed by atoms with Gasteiger partial charge in [-0.2, -0.15) is 0 Å². The van der Waals surface area contributed by atoms with Gasteiger partial charge in [-0.15, -0.1) is 0 Å². The maximum atomic E-state index is 9.59. The third-order valence-electron chi connectivity index (χ3n) is 3.75. The van der Waals surface area contributed by atoms with E-state index in [1.807, 2.05) is 19.1 Å².